The second-order valence-corrected chi connectivity index (χ2v) is 8.98. The van der Waals surface area contributed by atoms with Crippen molar-refractivity contribution in [3.8, 4) is 22.7 Å². The van der Waals surface area contributed by atoms with E-state index >= 15 is 0 Å². The van der Waals surface area contributed by atoms with Gasteiger partial charge in [0, 0.05) is 23.4 Å². The van der Waals surface area contributed by atoms with Gasteiger partial charge in [0.15, 0.2) is 0 Å². The Labute approximate surface area is 210 Å². The van der Waals surface area contributed by atoms with Gasteiger partial charge in [0.05, 0.1) is 24.4 Å². The zero-order valence-corrected chi connectivity index (χ0v) is 20.3. The third-order valence-electron chi connectivity index (χ3n) is 6.30. The minimum atomic E-state index is -0.246. The molecule has 0 radical (unpaired) electrons. The number of benzene rings is 3. The zero-order valence-electron chi connectivity index (χ0n) is 20.3. The standard InChI is InChI=1S/C29H28N4O3/c1-19(20-13-15-23(16-14-20)31-28(34)21-11-12-21)30-29(35)26-18-33(24-8-4-3-5-9-24)32-27(26)22-7-6-10-25(17-22)36-2/h3-10,13-19,21H,11-12H2,1-2H3,(H,30,35)(H,31,34). The minimum absolute atomic E-state index is 0.0737. The molecule has 182 valence electrons. The number of rotatable bonds is 8. The molecule has 2 amide bonds. The van der Waals surface area contributed by atoms with Crippen LogP contribution < -0.4 is 15.4 Å². The maximum Gasteiger partial charge on any atom is 0.255 e. The van der Waals surface area contributed by atoms with Gasteiger partial charge in [0.1, 0.15) is 11.4 Å². The molecule has 7 nitrogen and oxygen atoms in total. The summed E-state index contributed by atoms with van der Waals surface area (Å²) in [6.07, 6.45) is 3.68. The topological polar surface area (TPSA) is 85.2 Å². The number of carbonyl (C=O) groups is 2. The predicted octanol–water partition coefficient (Wildman–Crippen LogP) is 5.39. The average Bonchev–Trinajstić information content (AvgIpc) is 3.67. The van der Waals surface area contributed by atoms with Gasteiger partial charge < -0.3 is 15.4 Å². The van der Waals surface area contributed by atoms with Gasteiger partial charge in [-0.1, -0.05) is 42.5 Å². The molecular formula is C29H28N4O3. The average molecular weight is 481 g/mol. The Kier molecular flexibility index (Phi) is 6.54. The summed E-state index contributed by atoms with van der Waals surface area (Å²) in [7, 11) is 1.61. The summed E-state index contributed by atoms with van der Waals surface area (Å²) in [5.41, 5.74) is 4.38. The van der Waals surface area contributed by atoms with E-state index in [9.17, 15) is 9.59 Å². The number of nitrogens with one attached hydrogen (secondary N) is 2. The second kappa shape index (κ2) is 10.1. The summed E-state index contributed by atoms with van der Waals surface area (Å²) in [6, 6.07) is 24.5. The van der Waals surface area contributed by atoms with E-state index in [0.29, 0.717) is 17.0 Å². The first-order valence-electron chi connectivity index (χ1n) is 12.0. The lowest BCUT2D eigenvalue weighted by Crippen LogP contribution is -2.26. The predicted molar refractivity (Wildman–Crippen MR) is 139 cm³/mol. The fourth-order valence-electron chi connectivity index (χ4n) is 4.04. The first-order valence-corrected chi connectivity index (χ1v) is 12.0. The molecule has 1 heterocycles. The van der Waals surface area contributed by atoms with Crippen LogP contribution in [-0.4, -0.2) is 28.7 Å². The molecule has 0 bridgehead atoms. The zero-order chi connectivity index (χ0) is 25.1. The maximum atomic E-state index is 13.5. The molecule has 0 saturated heterocycles. The molecule has 1 aliphatic carbocycles. The highest BCUT2D eigenvalue weighted by Crippen LogP contribution is 2.30. The van der Waals surface area contributed by atoms with Gasteiger partial charge in [-0.05, 0) is 61.7 Å². The summed E-state index contributed by atoms with van der Waals surface area (Å²) in [5.74, 6) is 0.687. The number of aromatic nitrogens is 2. The highest BCUT2D eigenvalue weighted by atomic mass is 16.5. The van der Waals surface area contributed by atoms with Crippen LogP contribution in [0, 0.1) is 5.92 Å². The number of hydrogen-bond donors (Lipinski definition) is 2. The molecule has 0 aliphatic heterocycles. The summed E-state index contributed by atoms with van der Waals surface area (Å²) >= 11 is 0. The van der Waals surface area contributed by atoms with E-state index in [1.54, 1.807) is 18.0 Å². The van der Waals surface area contributed by atoms with Crippen LogP contribution in [0.4, 0.5) is 5.69 Å². The number of carbonyl (C=O) groups excluding carboxylic acids is 2. The molecule has 1 fully saturated rings. The Balaban J connectivity index is 1.39. The minimum Gasteiger partial charge on any atom is -0.497 e. The first kappa shape index (κ1) is 23.4. The Morgan fingerprint density at radius 3 is 2.44 bits per heavy atom. The van der Waals surface area contributed by atoms with Gasteiger partial charge in [-0.15, -0.1) is 0 Å². The number of amides is 2. The van der Waals surface area contributed by atoms with E-state index in [-0.39, 0.29) is 23.8 Å². The molecule has 5 rings (SSSR count). The maximum absolute atomic E-state index is 13.5. The van der Waals surface area contributed by atoms with Gasteiger partial charge in [0.2, 0.25) is 5.91 Å². The molecular weight excluding hydrogens is 452 g/mol. The van der Waals surface area contributed by atoms with E-state index in [1.807, 2.05) is 85.8 Å². The third-order valence-corrected chi connectivity index (χ3v) is 6.30. The van der Waals surface area contributed by atoms with Gasteiger partial charge in [-0.25, -0.2) is 4.68 Å². The van der Waals surface area contributed by atoms with Crippen molar-refractivity contribution in [1.82, 2.24) is 15.1 Å². The lowest BCUT2D eigenvalue weighted by Gasteiger charge is -2.15. The van der Waals surface area contributed by atoms with Crippen molar-refractivity contribution < 1.29 is 14.3 Å². The van der Waals surface area contributed by atoms with Crippen LogP contribution in [0.2, 0.25) is 0 Å². The monoisotopic (exact) mass is 480 g/mol. The van der Waals surface area contributed by atoms with Gasteiger partial charge in [0.25, 0.3) is 5.91 Å². The van der Waals surface area contributed by atoms with Crippen LogP contribution in [0.1, 0.15) is 41.7 Å². The van der Waals surface area contributed by atoms with Crippen molar-refractivity contribution >= 4 is 17.5 Å². The highest BCUT2D eigenvalue weighted by molar-refractivity contribution is 6.00. The van der Waals surface area contributed by atoms with Gasteiger partial charge in [-0.2, -0.15) is 5.10 Å². The number of anilines is 1. The fraction of sp³-hybridized carbons (Fsp3) is 0.207. The molecule has 1 atom stereocenters. The summed E-state index contributed by atoms with van der Waals surface area (Å²) in [6.45, 7) is 1.93. The van der Waals surface area contributed by atoms with Crippen LogP contribution in [0.3, 0.4) is 0 Å². The normalized spacial score (nSPS) is 13.6. The van der Waals surface area contributed by atoms with Crippen LogP contribution >= 0.6 is 0 Å². The van der Waals surface area contributed by atoms with Crippen molar-refractivity contribution in [3.63, 3.8) is 0 Å². The van der Waals surface area contributed by atoms with Crippen molar-refractivity contribution in [3.05, 3.63) is 96.2 Å². The van der Waals surface area contributed by atoms with Crippen molar-refractivity contribution in [2.75, 3.05) is 12.4 Å². The number of methoxy groups -OCH3 is 1. The van der Waals surface area contributed by atoms with E-state index in [0.717, 1.165) is 35.3 Å². The van der Waals surface area contributed by atoms with Gasteiger partial charge in [-0.3, -0.25) is 9.59 Å². The summed E-state index contributed by atoms with van der Waals surface area (Å²) < 4.78 is 7.09. The van der Waals surface area contributed by atoms with E-state index < -0.39 is 0 Å². The lowest BCUT2D eigenvalue weighted by atomic mass is 10.1. The van der Waals surface area contributed by atoms with Gasteiger partial charge >= 0.3 is 0 Å². The summed E-state index contributed by atoms with van der Waals surface area (Å²) in [4.78, 5) is 25.5. The van der Waals surface area contributed by atoms with Crippen LogP contribution in [0.25, 0.3) is 16.9 Å². The van der Waals surface area contributed by atoms with Crippen molar-refractivity contribution in [1.29, 1.82) is 0 Å². The first-order chi connectivity index (χ1) is 17.5. The van der Waals surface area contributed by atoms with Crippen LogP contribution in [0.5, 0.6) is 5.75 Å². The smallest absolute Gasteiger partial charge is 0.255 e. The molecule has 1 unspecified atom stereocenters. The molecule has 36 heavy (non-hydrogen) atoms. The molecule has 4 aromatic rings. The van der Waals surface area contributed by atoms with Crippen molar-refractivity contribution in [2.24, 2.45) is 5.92 Å². The molecule has 1 aromatic heterocycles. The second-order valence-electron chi connectivity index (χ2n) is 8.98. The quantitative estimate of drug-likeness (QED) is 0.354. The van der Waals surface area contributed by atoms with Crippen molar-refractivity contribution in [2.45, 2.75) is 25.8 Å². The van der Waals surface area contributed by atoms with E-state index in [2.05, 4.69) is 10.6 Å². The Morgan fingerprint density at radius 1 is 1.00 bits per heavy atom. The number of ether oxygens (including phenoxy) is 1. The van der Waals surface area contributed by atoms with E-state index in [4.69, 9.17) is 9.84 Å². The Bertz CT molecular complexity index is 1380. The Morgan fingerprint density at radius 2 is 1.75 bits per heavy atom. The third kappa shape index (κ3) is 5.15. The molecule has 3 aromatic carbocycles. The number of hydrogen-bond acceptors (Lipinski definition) is 4. The molecule has 1 aliphatic rings. The van der Waals surface area contributed by atoms with E-state index in [1.165, 1.54) is 0 Å². The highest BCUT2D eigenvalue weighted by Gasteiger charge is 2.29. The largest absolute Gasteiger partial charge is 0.497 e. The van der Waals surface area contributed by atoms with Crippen LogP contribution in [0.15, 0.2) is 85.1 Å². The summed E-state index contributed by atoms with van der Waals surface area (Å²) in [5, 5.41) is 10.8. The number of nitrogens with zero attached hydrogens (tertiary/aromatic N) is 2. The lowest BCUT2D eigenvalue weighted by molar-refractivity contribution is -0.117. The fourth-order valence-corrected chi connectivity index (χ4v) is 4.04. The molecule has 0 spiro atoms. The Hall–Kier alpha value is -4.39. The number of para-hydroxylation sites is 1. The molecule has 2 N–H and O–H groups in total. The molecule has 7 heteroatoms. The molecule has 1 saturated carbocycles. The van der Waals surface area contributed by atoms with Crippen LogP contribution in [-0.2, 0) is 4.79 Å². The SMILES string of the molecule is COc1cccc(-c2nn(-c3ccccc3)cc2C(=O)NC(C)c2ccc(NC(=O)C3CC3)cc2)c1.